The number of rotatable bonds is 4. The zero-order valence-electron chi connectivity index (χ0n) is 10.5. The molecule has 0 fully saturated rings. The highest BCUT2D eigenvalue weighted by Gasteiger charge is 2.08. The van der Waals surface area contributed by atoms with Crippen LogP contribution in [0.5, 0.6) is 5.88 Å². The Morgan fingerprint density at radius 3 is 2.78 bits per heavy atom. The Balaban J connectivity index is 2.24. The standard InChI is InChI=1S/C11H15N5OS/c1-4-7-6(2)18-11(13-7)15-8-5-9(17-3)16-10(12)14-8/h5H,4H2,1-3H3,(H3,12,13,14,15,16). The summed E-state index contributed by atoms with van der Waals surface area (Å²) in [5.74, 6) is 1.17. The molecule has 0 aliphatic heterocycles. The van der Waals surface area contributed by atoms with Crippen LogP contribution in [0.2, 0.25) is 0 Å². The quantitative estimate of drug-likeness (QED) is 0.880. The molecule has 0 spiro atoms. The van der Waals surface area contributed by atoms with Gasteiger partial charge in [0.05, 0.1) is 12.8 Å². The van der Waals surface area contributed by atoms with E-state index < -0.39 is 0 Å². The number of aryl methyl sites for hydroxylation is 2. The van der Waals surface area contributed by atoms with Crippen molar-refractivity contribution in [2.75, 3.05) is 18.2 Å². The summed E-state index contributed by atoms with van der Waals surface area (Å²) in [6.45, 7) is 4.13. The molecule has 0 aromatic carbocycles. The van der Waals surface area contributed by atoms with Gasteiger partial charge in [-0.1, -0.05) is 6.92 Å². The lowest BCUT2D eigenvalue weighted by atomic mass is 10.3. The van der Waals surface area contributed by atoms with Crippen LogP contribution in [0.25, 0.3) is 0 Å². The number of aromatic nitrogens is 3. The second-order valence-corrected chi connectivity index (χ2v) is 4.86. The second-order valence-electron chi connectivity index (χ2n) is 3.65. The molecule has 7 heteroatoms. The van der Waals surface area contributed by atoms with Crippen molar-refractivity contribution >= 4 is 28.2 Å². The molecule has 18 heavy (non-hydrogen) atoms. The van der Waals surface area contributed by atoms with E-state index in [9.17, 15) is 0 Å². The fourth-order valence-electron chi connectivity index (χ4n) is 1.53. The highest BCUT2D eigenvalue weighted by Crippen LogP contribution is 2.26. The largest absolute Gasteiger partial charge is 0.481 e. The molecule has 0 saturated carbocycles. The van der Waals surface area contributed by atoms with E-state index in [1.165, 1.54) is 12.0 Å². The fraction of sp³-hybridized carbons (Fsp3) is 0.364. The lowest BCUT2D eigenvalue weighted by Gasteiger charge is -2.04. The maximum Gasteiger partial charge on any atom is 0.225 e. The van der Waals surface area contributed by atoms with Gasteiger partial charge < -0.3 is 15.8 Å². The van der Waals surface area contributed by atoms with Crippen molar-refractivity contribution in [2.45, 2.75) is 20.3 Å². The van der Waals surface area contributed by atoms with Crippen LogP contribution in [0.4, 0.5) is 16.9 Å². The van der Waals surface area contributed by atoms with Crippen molar-refractivity contribution in [3.8, 4) is 5.88 Å². The monoisotopic (exact) mass is 265 g/mol. The first-order valence-corrected chi connectivity index (χ1v) is 6.36. The van der Waals surface area contributed by atoms with E-state index in [1.807, 2.05) is 0 Å². The topological polar surface area (TPSA) is 86.0 Å². The number of hydrogen-bond acceptors (Lipinski definition) is 7. The van der Waals surface area contributed by atoms with Gasteiger partial charge in [-0.25, -0.2) is 4.98 Å². The molecule has 0 atom stereocenters. The molecule has 2 aromatic rings. The lowest BCUT2D eigenvalue weighted by molar-refractivity contribution is 0.398. The van der Waals surface area contributed by atoms with Gasteiger partial charge in [0, 0.05) is 10.9 Å². The number of anilines is 3. The lowest BCUT2D eigenvalue weighted by Crippen LogP contribution is -2.01. The van der Waals surface area contributed by atoms with Gasteiger partial charge in [0.15, 0.2) is 5.13 Å². The summed E-state index contributed by atoms with van der Waals surface area (Å²) in [5.41, 5.74) is 6.68. The molecule has 2 rings (SSSR count). The van der Waals surface area contributed by atoms with E-state index in [0.717, 1.165) is 17.2 Å². The van der Waals surface area contributed by atoms with Crippen molar-refractivity contribution in [3.63, 3.8) is 0 Å². The minimum Gasteiger partial charge on any atom is -0.481 e. The van der Waals surface area contributed by atoms with Crippen molar-refractivity contribution < 1.29 is 4.74 Å². The third kappa shape index (κ3) is 2.67. The summed E-state index contributed by atoms with van der Waals surface area (Å²) >= 11 is 1.59. The third-order valence-electron chi connectivity index (χ3n) is 2.39. The van der Waals surface area contributed by atoms with Gasteiger partial charge in [-0.3, -0.25) is 0 Å². The van der Waals surface area contributed by atoms with Gasteiger partial charge in [0.1, 0.15) is 5.82 Å². The van der Waals surface area contributed by atoms with Gasteiger partial charge >= 0.3 is 0 Å². The summed E-state index contributed by atoms with van der Waals surface area (Å²) in [7, 11) is 1.54. The van der Waals surface area contributed by atoms with Gasteiger partial charge in [0.2, 0.25) is 11.8 Å². The maximum absolute atomic E-state index is 5.59. The minimum atomic E-state index is 0.167. The van der Waals surface area contributed by atoms with Crippen LogP contribution < -0.4 is 15.8 Å². The molecule has 6 nitrogen and oxygen atoms in total. The molecule has 96 valence electrons. The highest BCUT2D eigenvalue weighted by atomic mass is 32.1. The minimum absolute atomic E-state index is 0.167. The average molecular weight is 265 g/mol. The molecular weight excluding hydrogens is 250 g/mol. The van der Waals surface area contributed by atoms with Crippen LogP contribution in [0.1, 0.15) is 17.5 Å². The summed E-state index contributed by atoms with van der Waals surface area (Å²) in [5, 5.41) is 3.91. The van der Waals surface area contributed by atoms with E-state index >= 15 is 0 Å². The summed E-state index contributed by atoms with van der Waals surface area (Å²) in [6.07, 6.45) is 0.916. The number of nitrogens with two attached hydrogens (primary N) is 1. The molecule has 0 aliphatic rings. The van der Waals surface area contributed by atoms with E-state index in [-0.39, 0.29) is 5.95 Å². The van der Waals surface area contributed by atoms with Crippen molar-refractivity contribution in [1.82, 2.24) is 15.0 Å². The molecule has 0 aliphatic carbocycles. The maximum atomic E-state index is 5.59. The van der Waals surface area contributed by atoms with E-state index in [4.69, 9.17) is 10.5 Å². The van der Waals surface area contributed by atoms with Crippen LogP contribution in [0, 0.1) is 6.92 Å². The number of methoxy groups -OCH3 is 1. The van der Waals surface area contributed by atoms with Crippen LogP contribution in [0.15, 0.2) is 6.07 Å². The van der Waals surface area contributed by atoms with E-state index in [1.54, 1.807) is 17.4 Å². The zero-order valence-corrected chi connectivity index (χ0v) is 11.3. The van der Waals surface area contributed by atoms with Crippen LogP contribution in [-0.4, -0.2) is 22.1 Å². The number of nitrogens with one attached hydrogen (secondary N) is 1. The number of nitrogen functional groups attached to an aromatic ring is 1. The van der Waals surface area contributed by atoms with E-state index in [0.29, 0.717) is 11.7 Å². The number of nitrogens with zero attached hydrogens (tertiary/aromatic N) is 3. The number of thiazole rings is 1. The Kier molecular flexibility index (Phi) is 3.61. The summed E-state index contributed by atoms with van der Waals surface area (Å²) < 4.78 is 5.04. The molecule has 0 saturated heterocycles. The molecule has 2 heterocycles. The van der Waals surface area contributed by atoms with Gasteiger partial charge in [-0.05, 0) is 13.3 Å². The Labute approximate surface area is 109 Å². The Morgan fingerprint density at radius 1 is 1.39 bits per heavy atom. The van der Waals surface area contributed by atoms with E-state index in [2.05, 4.69) is 34.1 Å². The Bertz CT molecular complexity index is 554. The Morgan fingerprint density at radius 2 is 2.17 bits per heavy atom. The second kappa shape index (κ2) is 5.18. The third-order valence-corrected chi connectivity index (χ3v) is 3.32. The summed E-state index contributed by atoms with van der Waals surface area (Å²) in [6, 6.07) is 1.68. The van der Waals surface area contributed by atoms with Crippen LogP contribution in [0.3, 0.4) is 0 Å². The van der Waals surface area contributed by atoms with Gasteiger partial charge in [-0.2, -0.15) is 9.97 Å². The van der Waals surface area contributed by atoms with Crippen molar-refractivity contribution in [1.29, 1.82) is 0 Å². The van der Waals surface area contributed by atoms with Crippen molar-refractivity contribution in [3.05, 3.63) is 16.6 Å². The molecular formula is C11H15N5OS. The molecule has 3 N–H and O–H groups in total. The number of ether oxygens (including phenoxy) is 1. The predicted molar refractivity (Wildman–Crippen MR) is 72.5 cm³/mol. The highest BCUT2D eigenvalue weighted by molar-refractivity contribution is 7.15. The molecule has 0 radical (unpaired) electrons. The van der Waals surface area contributed by atoms with Crippen molar-refractivity contribution in [2.24, 2.45) is 0 Å². The average Bonchev–Trinajstić information content (AvgIpc) is 2.68. The molecule has 0 bridgehead atoms. The fourth-order valence-corrected chi connectivity index (χ4v) is 2.44. The molecule has 0 amide bonds. The smallest absolute Gasteiger partial charge is 0.225 e. The first-order chi connectivity index (χ1) is 8.62. The van der Waals surface area contributed by atoms with Crippen LogP contribution >= 0.6 is 11.3 Å². The SMILES string of the molecule is CCc1nc(Nc2cc(OC)nc(N)n2)sc1C. The Hall–Kier alpha value is -1.89. The number of hydrogen-bond donors (Lipinski definition) is 2. The van der Waals surface area contributed by atoms with Gasteiger partial charge in [-0.15, -0.1) is 11.3 Å². The predicted octanol–water partition coefficient (Wildman–Crippen LogP) is 2.14. The first-order valence-electron chi connectivity index (χ1n) is 5.54. The molecule has 2 aromatic heterocycles. The van der Waals surface area contributed by atoms with Crippen LogP contribution in [-0.2, 0) is 6.42 Å². The zero-order chi connectivity index (χ0) is 13.1. The van der Waals surface area contributed by atoms with Gasteiger partial charge in [0.25, 0.3) is 0 Å². The first kappa shape index (κ1) is 12.6. The normalized spacial score (nSPS) is 10.4. The molecule has 0 unspecified atom stereocenters. The summed E-state index contributed by atoms with van der Waals surface area (Å²) in [4.78, 5) is 13.7.